The molecule has 4 heteroatoms. The largest absolute Gasteiger partial charge is 0.310 e. The van der Waals surface area contributed by atoms with Crippen molar-refractivity contribution >= 4 is 72.1 Å². The molecule has 0 unspecified atom stereocenters. The maximum atomic E-state index is 2.53. The number of nitrogens with zero attached hydrogens (tertiary/aromatic N) is 1. The Kier molecular flexibility index (Phi) is 8.69. The Hall–Kier alpha value is -7.86. The van der Waals surface area contributed by atoms with E-state index in [-0.39, 0.29) is 0 Å². The molecule has 11 aromatic carbocycles. The van der Waals surface area contributed by atoms with Crippen molar-refractivity contribution in [1.82, 2.24) is 0 Å². The molecule has 12 aromatic rings. The van der Waals surface area contributed by atoms with Gasteiger partial charge in [-0.25, -0.2) is 0 Å². The lowest BCUT2D eigenvalue weighted by Crippen LogP contribution is -2.32. The molecular formula is C68H41NS3. The van der Waals surface area contributed by atoms with E-state index in [9.17, 15) is 0 Å². The first-order valence-electron chi connectivity index (χ1n) is 24.7. The summed E-state index contributed by atoms with van der Waals surface area (Å²) in [6, 6.07) is 94.3. The predicted molar refractivity (Wildman–Crippen MR) is 302 cm³/mol. The smallest absolute Gasteiger partial charge is 0.0736 e. The van der Waals surface area contributed by atoms with Crippen molar-refractivity contribution in [2.75, 3.05) is 4.90 Å². The topological polar surface area (TPSA) is 3.24 Å². The Bertz CT molecular complexity index is 3970. The molecule has 2 aliphatic heterocycles. The Morgan fingerprint density at radius 3 is 1.18 bits per heavy atom. The Morgan fingerprint density at radius 1 is 0.278 bits per heavy atom. The molecular weight excluding hydrogens is 927 g/mol. The summed E-state index contributed by atoms with van der Waals surface area (Å²) in [5.41, 5.74) is 20.7. The van der Waals surface area contributed by atoms with Crippen LogP contribution < -0.4 is 4.90 Å². The minimum atomic E-state index is -0.505. The fourth-order valence-electron chi connectivity index (χ4n) is 13.2. The molecule has 4 aliphatic rings. The number of anilines is 3. The molecule has 2 spiro atoms. The first-order chi connectivity index (χ1) is 35.7. The summed E-state index contributed by atoms with van der Waals surface area (Å²) < 4.78 is 2.63. The van der Waals surface area contributed by atoms with Crippen LogP contribution in [0.1, 0.15) is 44.5 Å². The van der Waals surface area contributed by atoms with E-state index in [0.29, 0.717) is 0 Å². The second kappa shape index (κ2) is 15.3. The van der Waals surface area contributed by atoms with Gasteiger partial charge in [0.2, 0.25) is 0 Å². The lowest BCUT2D eigenvalue weighted by molar-refractivity contribution is 0.721. The van der Waals surface area contributed by atoms with Crippen LogP contribution in [-0.2, 0) is 10.8 Å². The fraction of sp³-hybridized carbons (Fsp3) is 0.0294. The zero-order valence-electron chi connectivity index (χ0n) is 38.8. The van der Waals surface area contributed by atoms with Crippen LogP contribution in [0, 0.1) is 0 Å². The van der Waals surface area contributed by atoms with Gasteiger partial charge in [0, 0.05) is 56.8 Å². The summed E-state index contributed by atoms with van der Waals surface area (Å²) in [6.45, 7) is 0. The minimum absolute atomic E-state index is 0.505. The molecule has 72 heavy (non-hydrogen) atoms. The molecule has 0 N–H and O–H groups in total. The van der Waals surface area contributed by atoms with Crippen molar-refractivity contribution in [2.45, 2.75) is 30.4 Å². The quantitative estimate of drug-likeness (QED) is 0.173. The summed E-state index contributed by atoms with van der Waals surface area (Å²) in [5, 5.41) is 2.64. The van der Waals surface area contributed by atoms with Crippen LogP contribution in [0.5, 0.6) is 0 Å². The van der Waals surface area contributed by atoms with Gasteiger partial charge in [0.05, 0.1) is 10.8 Å². The molecule has 0 amide bonds. The van der Waals surface area contributed by atoms with Crippen molar-refractivity contribution < 1.29 is 0 Å². The van der Waals surface area contributed by atoms with Gasteiger partial charge < -0.3 is 4.90 Å². The second-order valence-corrected chi connectivity index (χ2v) is 22.7. The highest BCUT2D eigenvalue weighted by atomic mass is 32.2. The maximum Gasteiger partial charge on any atom is 0.0736 e. The molecule has 0 bridgehead atoms. The summed E-state index contributed by atoms with van der Waals surface area (Å²) in [7, 11) is 0. The van der Waals surface area contributed by atoms with Crippen LogP contribution >= 0.6 is 34.9 Å². The summed E-state index contributed by atoms with van der Waals surface area (Å²) in [6.07, 6.45) is 0. The third-order valence-corrected chi connectivity index (χ3v) is 19.5. The monoisotopic (exact) mass is 967 g/mol. The Labute approximate surface area is 431 Å². The van der Waals surface area contributed by atoms with E-state index in [4.69, 9.17) is 0 Å². The molecule has 1 nitrogen and oxygen atoms in total. The first kappa shape index (κ1) is 40.8. The van der Waals surface area contributed by atoms with E-state index in [1.807, 2.05) is 34.9 Å². The molecule has 0 fully saturated rings. The van der Waals surface area contributed by atoms with Gasteiger partial charge in [-0.2, -0.15) is 0 Å². The lowest BCUT2D eigenvalue weighted by Gasteiger charge is -2.40. The van der Waals surface area contributed by atoms with Gasteiger partial charge in [-0.1, -0.05) is 199 Å². The highest BCUT2D eigenvalue weighted by Crippen LogP contribution is 2.65. The summed E-state index contributed by atoms with van der Waals surface area (Å²) in [5.74, 6) is 0. The van der Waals surface area contributed by atoms with Crippen LogP contribution in [0.3, 0.4) is 0 Å². The number of hydrogen-bond donors (Lipinski definition) is 0. The standard InChI is InChI=1S/C68H41NS3/c1-4-20-52-47(16-1)49-38-36-44(40-58(49)67(52)54-22-6-11-27-61(54)71-62-28-12-7-23-55(62)67)69(43-34-32-42(33-35-43)46-19-15-31-65-66(46)51-18-3-10-26-60(51)70-65)45-37-39-50-48-17-2-5-21-53(48)68(59(50)41-45)56-24-8-13-29-63(56)72-64-30-14-9-25-57(64)68/h1-41H. The average Bonchev–Trinajstić information content (AvgIpc) is 4.07. The van der Waals surface area contributed by atoms with Crippen molar-refractivity contribution in [3.05, 3.63) is 293 Å². The van der Waals surface area contributed by atoms with Crippen molar-refractivity contribution in [3.63, 3.8) is 0 Å². The van der Waals surface area contributed by atoms with E-state index < -0.39 is 10.8 Å². The fourth-order valence-corrected chi connectivity index (χ4v) is 16.7. The van der Waals surface area contributed by atoms with Gasteiger partial charge in [0.15, 0.2) is 0 Å². The number of benzene rings is 11. The van der Waals surface area contributed by atoms with Crippen LogP contribution in [0.25, 0.3) is 53.6 Å². The SMILES string of the molecule is c1ccc2c(c1)Sc1ccccc1C21c2ccccc2-c2ccc(N(c3ccc(-c4cccc5sc6ccccc6c45)cc3)c3ccc4c(c3)C3(c5ccccc5Sc5ccccc53)c3ccccc3-4)cc21. The lowest BCUT2D eigenvalue weighted by atomic mass is 9.67. The highest BCUT2D eigenvalue weighted by Gasteiger charge is 2.52. The van der Waals surface area contributed by atoms with Gasteiger partial charge in [-0.3, -0.25) is 0 Å². The third-order valence-electron chi connectivity index (χ3n) is 16.0. The van der Waals surface area contributed by atoms with E-state index in [1.165, 1.54) is 118 Å². The molecule has 0 radical (unpaired) electrons. The van der Waals surface area contributed by atoms with E-state index in [1.54, 1.807) is 0 Å². The molecule has 1 aromatic heterocycles. The second-order valence-electron chi connectivity index (χ2n) is 19.4. The number of fused-ring (bicyclic) bond motifs is 21. The Balaban J connectivity index is 0.957. The predicted octanol–water partition coefficient (Wildman–Crippen LogP) is 18.8. The van der Waals surface area contributed by atoms with Gasteiger partial charge in [-0.15, -0.1) is 11.3 Å². The molecule has 0 saturated heterocycles. The molecule has 3 heterocycles. The van der Waals surface area contributed by atoms with Crippen LogP contribution in [0.4, 0.5) is 17.1 Å². The first-order valence-corrected chi connectivity index (χ1v) is 27.2. The van der Waals surface area contributed by atoms with Crippen LogP contribution in [-0.4, -0.2) is 0 Å². The average molecular weight is 968 g/mol. The zero-order chi connectivity index (χ0) is 47.1. The van der Waals surface area contributed by atoms with Crippen LogP contribution in [0.2, 0.25) is 0 Å². The number of rotatable bonds is 4. The van der Waals surface area contributed by atoms with E-state index in [0.717, 1.165) is 17.1 Å². The highest BCUT2D eigenvalue weighted by molar-refractivity contribution is 7.99. The molecule has 16 rings (SSSR count). The third kappa shape index (κ3) is 5.41. The molecule has 0 atom stereocenters. The van der Waals surface area contributed by atoms with E-state index in [2.05, 4.69) is 254 Å². The molecule has 0 saturated carbocycles. The van der Waals surface area contributed by atoms with Gasteiger partial charge >= 0.3 is 0 Å². The molecule has 2 aliphatic carbocycles. The van der Waals surface area contributed by atoms with Gasteiger partial charge in [0.25, 0.3) is 0 Å². The van der Waals surface area contributed by atoms with Gasteiger partial charge in [0.1, 0.15) is 0 Å². The van der Waals surface area contributed by atoms with Crippen molar-refractivity contribution in [1.29, 1.82) is 0 Å². The normalized spacial score (nSPS) is 14.5. The molecule has 336 valence electrons. The Morgan fingerprint density at radius 2 is 0.667 bits per heavy atom. The van der Waals surface area contributed by atoms with Crippen LogP contribution in [0.15, 0.2) is 268 Å². The summed E-state index contributed by atoms with van der Waals surface area (Å²) >= 11 is 5.66. The zero-order valence-corrected chi connectivity index (χ0v) is 41.3. The number of hydrogen-bond acceptors (Lipinski definition) is 4. The van der Waals surface area contributed by atoms with E-state index >= 15 is 0 Å². The minimum Gasteiger partial charge on any atom is -0.310 e. The van der Waals surface area contributed by atoms with Crippen molar-refractivity contribution in [3.8, 4) is 33.4 Å². The summed E-state index contributed by atoms with van der Waals surface area (Å²) in [4.78, 5) is 7.75. The number of thiophene rings is 1. The maximum absolute atomic E-state index is 2.53. The van der Waals surface area contributed by atoms with Gasteiger partial charge in [-0.05, 0) is 151 Å². The van der Waals surface area contributed by atoms with Crippen molar-refractivity contribution in [2.24, 2.45) is 0 Å².